The number of fused-ring (bicyclic) bond motifs is 1. The molecule has 4 atom stereocenters. The first-order valence-corrected chi connectivity index (χ1v) is 9.53. The fourth-order valence-corrected chi connectivity index (χ4v) is 4.87. The van der Waals surface area contributed by atoms with Crippen LogP contribution in [0.5, 0.6) is 0 Å². The molecule has 2 amide bonds. The third-order valence-electron chi connectivity index (χ3n) is 5.90. The van der Waals surface area contributed by atoms with Crippen LogP contribution in [0.15, 0.2) is 53.2 Å². The summed E-state index contributed by atoms with van der Waals surface area (Å²) in [5.41, 5.74) is 2.20. The Balaban J connectivity index is 1.39. The summed E-state index contributed by atoms with van der Waals surface area (Å²) in [6.07, 6.45) is 5.12. The number of hydrogen-bond acceptors (Lipinski definition) is 4. The zero-order valence-corrected chi connectivity index (χ0v) is 15.8. The lowest BCUT2D eigenvalue weighted by Crippen LogP contribution is -2.41. The van der Waals surface area contributed by atoms with Gasteiger partial charge in [-0.05, 0) is 49.2 Å². The summed E-state index contributed by atoms with van der Waals surface area (Å²) in [6, 6.07) is 9.57. The van der Waals surface area contributed by atoms with E-state index in [9.17, 15) is 9.59 Å². The van der Waals surface area contributed by atoms with Gasteiger partial charge in [-0.25, -0.2) is 0 Å². The van der Waals surface area contributed by atoms with Crippen LogP contribution >= 0.6 is 0 Å². The van der Waals surface area contributed by atoms with Gasteiger partial charge in [0.2, 0.25) is 11.8 Å². The Bertz CT molecular complexity index is 960. The maximum atomic E-state index is 13.2. The Labute approximate surface area is 163 Å². The molecule has 144 valence electrons. The molecule has 0 aliphatic carbocycles. The van der Waals surface area contributed by atoms with Crippen LogP contribution in [0, 0.1) is 25.7 Å². The number of nitrogens with zero attached hydrogens (tertiary/aromatic N) is 1. The van der Waals surface area contributed by atoms with Crippen molar-refractivity contribution in [3.8, 4) is 0 Å². The minimum absolute atomic E-state index is 0.0520. The summed E-state index contributed by atoms with van der Waals surface area (Å²) in [6.45, 7) is 4.82. The largest absolute Gasteiger partial charge is 0.467 e. The van der Waals surface area contributed by atoms with Crippen LogP contribution in [0.1, 0.15) is 16.9 Å². The van der Waals surface area contributed by atoms with Gasteiger partial charge in [-0.15, -0.1) is 0 Å². The second-order valence-electron chi connectivity index (χ2n) is 8.04. The molecule has 2 saturated heterocycles. The molecule has 0 radical (unpaired) electrons. The van der Waals surface area contributed by atoms with Gasteiger partial charge in [0.25, 0.3) is 0 Å². The standard InChI is InChI=1S/C22H22N2O4/c1-13-8-14(2)10-15(9-13)23-20(25)18-17-5-6-22(28-17)12-24(21(26)19(18)22)11-16-4-3-7-27-16/h3-10,17-19H,11-12H2,1-2H3,(H,23,25)/t17-,18?,19?,22+/m0/s1. The van der Waals surface area contributed by atoms with Crippen LogP contribution in [-0.2, 0) is 20.9 Å². The molecule has 2 fully saturated rings. The third-order valence-corrected chi connectivity index (χ3v) is 5.90. The molecule has 6 heteroatoms. The average Bonchev–Trinajstić information content (AvgIpc) is 3.37. The van der Waals surface area contributed by atoms with E-state index in [1.807, 2.05) is 44.2 Å². The zero-order chi connectivity index (χ0) is 19.5. The Morgan fingerprint density at radius 3 is 2.79 bits per heavy atom. The number of hydrogen-bond donors (Lipinski definition) is 1. The summed E-state index contributed by atoms with van der Waals surface area (Å²) in [7, 11) is 0. The predicted molar refractivity (Wildman–Crippen MR) is 102 cm³/mol. The van der Waals surface area contributed by atoms with E-state index >= 15 is 0 Å². The fourth-order valence-electron chi connectivity index (χ4n) is 4.87. The second-order valence-corrected chi connectivity index (χ2v) is 8.04. The first-order valence-electron chi connectivity index (χ1n) is 9.53. The normalized spacial score (nSPS) is 30.1. The number of benzene rings is 1. The van der Waals surface area contributed by atoms with Crippen LogP contribution < -0.4 is 5.32 Å². The van der Waals surface area contributed by atoms with Crippen molar-refractivity contribution in [3.63, 3.8) is 0 Å². The molecule has 1 spiro atoms. The number of anilines is 1. The molecule has 2 bridgehead atoms. The molecule has 1 aromatic carbocycles. The molecule has 1 N–H and O–H groups in total. The summed E-state index contributed by atoms with van der Waals surface area (Å²) >= 11 is 0. The van der Waals surface area contributed by atoms with E-state index in [1.165, 1.54) is 0 Å². The molecule has 2 aromatic rings. The van der Waals surface area contributed by atoms with Gasteiger partial charge in [0.1, 0.15) is 11.4 Å². The van der Waals surface area contributed by atoms with Crippen molar-refractivity contribution in [1.29, 1.82) is 0 Å². The molecule has 0 saturated carbocycles. The number of likely N-dealkylation sites (tertiary alicyclic amines) is 1. The molecule has 28 heavy (non-hydrogen) atoms. The minimum atomic E-state index is -0.709. The lowest BCUT2D eigenvalue weighted by atomic mass is 9.76. The van der Waals surface area contributed by atoms with E-state index in [0.717, 1.165) is 22.6 Å². The van der Waals surface area contributed by atoms with Gasteiger partial charge in [0.15, 0.2) is 0 Å². The summed E-state index contributed by atoms with van der Waals surface area (Å²) < 4.78 is 11.5. The maximum Gasteiger partial charge on any atom is 0.231 e. The van der Waals surface area contributed by atoms with Crippen molar-refractivity contribution in [2.75, 3.05) is 11.9 Å². The highest BCUT2D eigenvalue weighted by Crippen LogP contribution is 2.52. The molecule has 3 aliphatic heterocycles. The Hall–Kier alpha value is -2.86. The van der Waals surface area contributed by atoms with Gasteiger partial charge >= 0.3 is 0 Å². The first-order chi connectivity index (χ1) is 13.4. The van der Waals surface area contributed by atoms with Gasteiger partial charge in [-0.1, -0.05) is 18.2 Å². The van der Waals surface area contributed by atoms with Crippen molar-refractivity contribution < 1.29 is 18.7 Å². The molecule has 1 aromatic heterocycles. The Kier molecular flexibility index (Phi) is 3.74. The summed E-state index contributed by atoms with van der Waals surface area (Å²) in [5, 5.41) is 3.00. The number of aryl methyl sites for hydroxylation is 2. The van der Waals surface area contributed by atoms with Gasteiger partial charge in [0.05, 0.1) is 37.3 Å². The van der Waals surface area contributed by atoms with Crippen molar-refractivity contribution in [1.82, 2.24) is 4.90 Å². The smallest absolute Gasteiger partial charge is 0.231 e. The molecular weight excluding hydrogens is 356 g/mol. The number of carbonyl (C=O) groups is 2. The van der Waals surface area contributed by atoms with Crippen molar-refractivity contribution in [3.05, 3.63) is 65.6 Å². The number of carbonyl (C=O) groups excluding carboxylic acids is 2. The monoisotopic (exact) mass is 378 g/mol. The van der Waals surface area contributed by atoms with E-state index in [0.29, 0.717) is 13.1 Å². The highest BCUT2D eigenvalue weighted by Gasteiger charge is 2.66. The fraction of sp³-hybridized carbons (Fsp3) is 0.364. The van der Waals surface area contributed by atoms with Gasteiger partial charge in [-0.2, -0.15) is 0 Å². The molecule has 4 heterocycles. The van der Waals surface area contributed by atoms with Crippen LogP contribution in [-0.4, -0.2) is 35.0 Å². The maximum absolute atomic E-state index is 13.2. The molecule has 5 rings (SSSR count). The zero-order valence-electron chi connectivity index (χ0n) is 15.8. The topological polar surface area (TPSA) is 71.8 Å². The SMILES string of the molecule is Cc1cc(C)cc(NC(=O)C2C3C(=O)N(Cc4ccco4)C[C@]34C=C[C@@H]2O4)c1. The van der Waals surface area contributed by atoms with Crippen molar-refractivity contribution >= 4 is 17.5 Å². The van der Waals surface area contributed by atoms with Crippen LogP contribution in [0.2, 0.25) is 0 Å². The number of furan rings is 1. The van der Waals surface area contributed by atoms with E-state index < -0.39 is 17.4 Å². The second kappa shape index (κ2) is 6.07. The van der Waals surface area contributed by atoms with E-state index in [4.69, 9.17) is 9.15 Å². The van der Waals surface area contributed by atoms with Crippen molar-refractivity contribution in [2.45, 2.75) is 32.1 Å². The van der Waals surface area contributed by atoms with E-state index in [-0.39, 0.29) is 17.9 Å². The number of amides is 2. The molecule has 3 aliphatic rings. The van der Waals surface area contributed by atoms with Crippen molar-refractivity contribution in [2.24, 2.45) is 11.8 Å². The summed E-state index contributed by atoms with van der Waals surface area (Å²) in [4.78, 5) is 28.0. The van der Waals surface area contributed by atoms with Gasteiger partial charge in [-0.3, -0.25) is 9.59 Å². The summed E-state index contributed by atoms with van der Waals surface area (Å²) in [5.74, 6) is -0.522. The highest BCUT2D eigenvalue weighted by atomic mass is 16.5. The first kappa shape index (κ1) is 17.3. The third kappa shape index (κ3) is 2.59. The Morgan fingerprint density at radius 1 is 1.29 bits per heavy atom. The minimum Gasteiger partial charge on any atom is -0.467 e. The quantitative estimate of drug-likeness (QED) is 0.831. The number of nitrogens with one attached hydrogen (secondary N) is 1. The van der Waals surface area contributed by atoms with Crippen LogP contribution in [0.4, 0.5) is 5.69 Å². The Morgan fingerprint density at radius 2 is 2.07 bits per heavy atom. The molecular formula is C22H22N2O4. The molecule has 2 unspecified atom stereocenters. The van der Waals surface area contributed by atoms with Gasteiger partial charge in [0, 0.05) is 5.69 Å². The lowest BCUT2D eigenvalue weighted by molar-refractivity contribution is -0.136. The van der Waals surface area contributed by atoms with Crippen LogP contribution in [0.3, 0.4) is 0 Å². The van der Waals surface area contributed by atoms with E-state index in [1.54, 1.807) is 17.2 Å². The lowest BCUT2D eigenvalue weighted by Gasteiger charge is -2.23. The number of rotatable bonds is 4. The van der Waals surface area contributed by atoms with Crippen LogP contribution in [0.25, 0.3) is 0 Å². The average molecular weight is 378 g/mol. The van der Waals surface area contributed by atoms with E-state index in [2.05, 4.69) is 11.4 Å². The van der Waals surface area contributed by atoms with Gasteiger partial charge < -0.3 is 19.4 Å². The molecule has 6 nitrogen and oxygen atoms in total. The predicted octanol–water partition coefficient (Wildman–Crippen LogP) is 2.82. The highest BCUT2D eigenvalue weighted by molar-refractivity contribution is 5.99. The number of ether oxygens (including phenoxy) is 1.